The van der Waals surface area contributed by atoms with Gasteiger partial charge in [0.1, 0.15) is 0 Å². The van der Waals surface area contributed by atoms with Gasteiger partial charge < -0.3 is 10.0 Å². The van der Waals surface area contributed by atoms with E-state index < -0.39 is 5.97 Å². The molecule has 0 aliphatic carbocycles. The van der Waals surface area contributed by atoms with Crippen LogP contribution >= 0.6 is 0 Å². The SMILES string of the molecule is CC(C(=O)O)=C(C)C(=O)N1CC(C)N(C)C(C)C1. The summed E-state index contributed by atoms with van der Waals surface area (Å²) in [4.78, 5) is 27.1. The monoisotopic (exact) mass is 254 g/mol. The summed E-state index contributed by atoms with van der Waals surface area (Å²) in [5.74, 6) is -1.20. The van der Waals surface area contributed by atoms with Gasteiger partial charge in [0.25, 0.3) is 0 Å². The minimum absolute atomic E-state index is 0.124. The van der Waals surface area contributed by atoms with E-state index in [-0.39, 0.29) is 23.6 Å². The number of rotatable bonds is 2. The molecule has 0 aromatic carbocycles. The maximum Gasteiger partial charge on any atom is 0.331 e. The number of likely N-dealkylation sites (N-methyl/N-ethyl adjacent to an activating group) is 1. The second-order valence-electron chi connectivity index (χ2n) is 5.13. The summed E-state index contributed by atoms with van der Waals surface area (Å²) < 4.78 is 0. The molecule has 1 aliphatic rings. The fourth-order valence-corrected chi connectivity index (χ4v) is 2.13. The Morgan fingerprint density at radius 3 is 1.89 bits per heavy atom. The summed E-state index contributed by atoms with van der Waals surface area (Å²) in [6.07, 6.45) is 0. The lowest BCUT2D eigenvalue weighted by Gasteiger charge is -2.42. The summed E-state index contributed by atoms with van der Waals surface area (Å²) >= 11 is 0. The summed E-state index contributed by atoms with van der Waals surface area (Å²) in [5, 5.41) is 8.91. The van der Waals surface area contributed by atoms with Gasteiger partial charge in [-0.1, -0.05) is 0 Å². The van der Waals surface area contributed by atoms with Crippen molar-refractivity contribution in [3.63, 3.8) is 0 Å². The van der Waals surface area contributed by atoms with Crippen LogP contribution in [0.25, 0.3) is 0 Å². The van der Waals surface area contributed by atoms with Crippen molar-refractivity contribution >= 4 is 11.9 Å². The van der Waals surface area contributed by atoms with Gasteiger partial charge in [0.05, 0.1) is 0 Å². The van der Waals surface area contributed by atoms with Gasteiger partial charge in [-0.2, -0.15) is 0 Å². The van der Waals surface area contributed by atoms with Crippen molar-refractivity contribution in [3.05, 3.63) is 11.1 Å². The predicted octanol–water partition coefficient (Wildman–Crippen LogP) is 0.958. The zero-order valence-electron chi connectivity index (χ0n) is 11.7. The molecule has 0 aromatic rings. The van der Waals surface area contributed by atoms with Gasteiger partial charge in [0.15, 0.2) is 0 Å². The molecule has 1 fully saturated rings. The average molecular weight is 254 g/mol. The Kier molecular flexibility index (Phi) is 4.51. The number of amides is 1. The molecular formula is C13H22N2O3. The number of hydrogen-bond acceptors (Lipinski definition) is 3. The van der Waals surface area contributed by atoms with E-state index in [0.29, 0.717) is 18.7 Å². The third kappa shape index (κ3) is 2.90. The quantitative estimate of drug-likeness (QED) is 0.746. The lowest BCUT2D eigenvalue weighted by Crippen LogP contribution is -2.56. The maximum absolute atomic E-state index is 12.2. The van der Waals surface area contributed by atoms with Crippen LogP contribution in [-0.4, -0.2) is 59.0 Å². The lowest BCUT2D eigenvalue weighted by atomic mass is 10.1. The molecule has 1 N–H and O–H groups in total. The molecule has 1 saturated heterocycles. The summed E-state index contributed by atoms with van der Waals surface area (Å²) in [6, 6.07) is 0.575. The molecule has 0 saturated carbocycles. The van der Waals surface area contributed by atoms with E-state index in [0.717, 1.165) is 0 Å². The molecule has 5 heteroatoms. The summed E-state index contributed by atoms with van der Waals surface area (Å²) in [7, 11) is 2.04. The van der Waals surface area contributed by atoms with Gasteiger partial charge in [-0.05, 0) is 34.7 Å². The molecule has 0 aromatic heterocycles. The molecule has 2 atom stereocenters. The van der Waals surface area contributed by atoms with E-state index in [4.69, 9.17) is 5.11 Å². The standard InChI is InChI=1S/C13H22N2O3/c1-8-6-15(7-9(2)14(8)5)12(16)10(3)11(4)13(17)18/h8-9H,6-7H2,1-5H3,(H,17,18). The predicted molar refractivity (Wildman–Crippen MR) is 69.3 cm³/mol. The first-order valence-corrected chi connectivity index (χ1v) is 6.17. The number of piperazine rings is 1. The van der Waals surface area contributed by atoms with Crippen molar-refractivity contribution in [2.45, 2.75) is 39.8 Å². The Morgan fingerprint density at radius 2 is 1.50 bits per heavy atom. The lowest BCUT2D eigenvalue weighted by molar-refractivity contribution is -0.134. The minimum Gasteiger partial charge on any atom is -0.478 e. The molecule has 1 heterocycles. The summed E-state index contributed by atoms with van der Waals surface area (Å²) in [6.45, 7) is 8.48. The Labute approximate surface area is 108 Å². The number of nitrogens with zero attached hydrogens (tertiary/aromatic N) is 2. The van der Waals surface area contributed by atoms with Crippen molar-refractivity contribution in [2.75, 3.05) is 20.1 Å². The van der Waals surface area contributed by atoms with Crippen molar-refractivity contribution < 1.29 is 14.7 Å². The normalized spacial score (nSPS) is 26.8. The molecule has 1 amide bonds. The number of hydrogen-bond donors (Lipinski definition) is 1. The second kappa shape index (κ2) is 5.52. The highest BCUT2D eigenvalue weighted by molar-refractivity contribution is 6.01. The van der Waals surface area contributed by atoms with E-state index >= 15 is 0 Å². The Bertz CT molecular complexity index is 378. The van der Waals surface area contributed by atoms with E-state index in [9.17, 15) is 9.59 Å². The molecule has 0 spiro atoms. The van der Waals surface area contributed by atoms with Crippen LogP contribution in [0.5, 0.6) is 0 Å². The zero-order valence-corrected chi connectivity index (χ0v) is 11.7. The molecule has 5 nitrogen and oxygen atoms in total. The highest BCUT2D eigenvalue weighted by Crippen LogP contribution is 2.16. The maximum atomic E-state index is 12.2. The van der Waals surface area contributed by atoms with Crippen molar-refractivity contribution in [1.82, 2.24) is 9.80 Å². The Hall–Kier alpha value is -1.36. The van der Waals surface area contributed by atoms with Gasteiger partial charge in [0, 0.05) is 36.3 Å². The van der Waals surface area contributed by atoms with Crippen LogP contribution < -0.4 is 0 Å². The Balaban J connectivity index is 2.86. The van der Waals surface area contributed by atoms with Crippen LogP contribution in [-0.2, 0) is 9.59 Å². The third-order valence-corrected chi connectivity index (χ3v) is 3.85. The molecule has 102 valence electrons. The smallest absolute Gasteiger partial charge is 0.331 e. The largest absolute Gasteiger partial charge is 0.478 e. The van der Waals surface area contributed by atoms with E-state index in [1.165, 1.54) is 6.92 Å². The van der Waals surface area contributed by atoms with Gasteiger partial charge in [-0.15, -0.1) is 0 Å². The van der Waals surface area contributed by atoms with Crippen molar-refractivity contribution in [2.24, 2.45) is 0 Å². The summed E-state index contributed by atoms with van der Waals surface area (Å²) in [5.41, 5.74) is 0.450. The van der Waals surface area contributed by atoms with Gasteiger partial charge in [-0.3, -0.25) is 9.69 Å². The van der Waals surface area contributed by atoms with Gasteiger partial charge in [0.2, 0.25) is 5.91 Å². The van der Waals surface area contributed by atoms with Gasteiger partial charge in [-0.25, -0.2) is 4.79 Å². The first-order chi connectivity index (χ1) is 8.25. The topological polar surface area (TPSA) is 60.9 Å². The molecular weight excluding hydrogens is 232 g/mol. The fraction of sp³-hybridized carbons (Fsp3) is 0.692. The number of carbonyl (C=O) groups excluding carboxylic acids is 1. The molecule has 0 bridgehead atoms. The molecule has 1 aliphatic heterocycles. The number of aliphatic carboxylic acids is 1. The zero-order chi connectivity index (χ0) is 14.0. The van der Waals surface area contributed by atoms with Crippen LogP contribution in [0.3, 0.4) is 0 Å². The van der Waals surface area contributed by atoms with Crippen LogP contribution in [0.1, 0.15) is 27.7 Å². The van der Waals surface area contributed by atoms with E-state index in [1.807, 2.05) is 7.05 Å². The molecule has 0 radical (unpaired) electrons. The highest BCUT2D eigenvalue weighted by atomic mass is 16.4. The highest BCUT2D eigenvalue weighted by Gasteiger charge is 2.30. The Morgan fingerprint density at radius 1 is 1.06 bits per heavy atom. The number of carbonyl (C=O) groups is 2. The van der Waals surface area contributed by atoms with Crippen LogP contribution in [0.2, 0.25) is 0 Å². The fourth-order valence-electron chi connectivity index (χ4n) is 2.13. The minimum atomic E-state index is -1.03. The first kappa shape index (κ1) is 14.7. The van der Waals surface area contributed by atoms with Crippen LogP contribution in [0.15, 0.2) is 11.1 Å². The average Bonchev–Trinajstić information content (AvgIpc) is 2.32. The van der Waals surface area contributed by atoms with E-state index in [2.05, 4.69) is 18.7 Å². The van der Waals surface area contributed by atoms with E-state index in [1.54, 1.807) is 11.8 Å². The van der Waals surface area contributed by atoms with Crippen molar-refractivity contribution in [3.8, 4) is 0 Å². The first-order valence-electron chi connectivity index (χ1n) is 6.17. The van der Waals surface area contributed by atoms with Crippen LogP contribution in [0.4, 0.5) is 0 Å². The number of carboxylic acid groups (broad SMARTS) is 1. The molecule has 2 unspecified atom stereocenters. The second-order valence-corrected chi connectivity index (χ2v) is 5.13. The number of carboxylic acids is 1. The molecule has 1 rings (SSSR count). The van der Waals surface area contributed by atoms with Gasteiger partial charge >= 0.3 is 5.97 Å². The van der Waals surface area contributed by atoms with Crippen LogP contribution in [0, 0.1) is 0 Å². The van der Waals surface area contributed by atoms with Crippen molar-refractivity contribution in [1.29, 1.82) is 0 Å². The molecule has 18 heavy (non-hydrogen) atoms. The third-order valence-electron chi connectivity index (χ3n) is 3.85.